The van der Waals surface area contributed by atoms with Gasteiger partial charge in [0.15, 0.2) is 0 Å². The quantitative estimate of drug-likeness (QED) is 0.414. The Morgan fingerprint density at radius 1 is 0.885 bits per heavy atom. The number of rotatable bonds is 7. The second-order valence-corrected chi connectivity index (χ2v) is 12.3. The van der Waals surface area contributed by atoms with E-state index in [0.717, 1.165) is 6.29 Å². The summed E-state index contributed by atoms with van der Waals surface area (Å²) in [5, 5.41) is 2.44. The molecule has 0 bridgehead atoms. The summed E-state index contributed by atoms with van der Waals surface area (Å²) in [6.07, 6.45) is 4.16. The summed E-state index contributed by atoms with van der Waals surface area (Å²) in [5.41, 5.74) is 0. The molecule has 0 radical (unpaired) electrons. The van der Waals surface area contributed by atoms with E-state index in [1.54, 1.807) is 6.08 Å². The van der Waals surface area contributed by atoms with Crippen LogP contribution in [0.15, 0.2) is 72.8 Å². The van der Waals surface area contributed by atoms with Crippen molar-refractivity contribution in [3.63, 3.8) is 0 Å². The Morgan fingerprint density at radius 3 is 1.69 bits per heavy atom. The van der Waals surface area contributed by atoms with Crippen LogP contribution in [0.25, 0.3) is 0 Å². The van der Waals surface area contributed by atoms with Crippen molar-refractivity contribution in [3.05, 3.63) is 72.8 Å². The minimum Gasteiger partial charge on any atom is -0.401 e. The van der Waals surface area contributed by atoms with Gasteiger partial charge in [-0.1, -0.05) is 101 Å². The van der Waals surface area contributed by atoms with E-state index < -0.39 is 8.32 Å². The number of carbonyl (C=O) groups is 1. The van der Waals surface area contributed by atoms with Crippen molar-refractivity contribution in [1.29, 1.82) is 0 Å². The molecule has 2 rings (SSSR count). The van der Waals surface area contributed by atoms with E-state index in [1.807, 2.05) is 18.2 Å². The van der Waals surface area contributed by atoms with Gasteiger partial charge >= 0.3 is 0 Å². The normalized spacial score (nSPS) is 13.9. The summed E-state index contributed by atoms with van der Waals surface area (Å²) >= 11 is 0. The molecule has 0 spiro atoms. The van der Waals surface area contributed by atoms with Crippen molar-refractivity contribution < 1.29 is 9.22 Å². The first-order chi connectivity index (χ1) is 12.3. The molecule has 0 aliphatic rings. The van der Waals surface area contributed by atoms with E-state index in [9.17, 15) is 4.79 Å². The first kappa shape index (κ1) is 20.3. The molecule has 0 aromatic heterocycles. The van der Waals surface area contributed by atoms with Crippen molar-refractivity contribution in [2.24, 2.45) is 5.92 Å². The number of hydrogen-bond acceptors (Lipinski definition) is 2. The van der Waals surface area contributed by atoms with E-state index in [2.05, 4.69) is 83.1 Å². The molecule has 2 aromatic carbocycles. The van der Waals surface area contributed by atoms with Gasteiger partial charge in [-0.05, 0) is 27.4 Å². The SMILES string of the molecule is CC(C)[C@H](/C=C/C=O)O[Si](c1ccccc1)(c1ccccc1)C(C)(C)C. The lowest BCUT2D eigenvalue weighted by Gasteiger charge is -2.45. The molecule has 0 amide bonds. The molecule has 26 heavy (non-hydrogen) atoms. The second-order valence-electron chi connectivity index (χ2n) is 8.01. The second kappa shape index (κ2) is 8.61. The molecule has 0 aliphatic heterocycles. The van der Waals surface area contributed by atoms with Gasteiger partial charge in [0.25, 0.3) is 8.32 Å². The zero-order chi connectivity index (χ0) is 19.2. The molecule has 0 saturated heterocycles. The van der Waals surface area contributed by atoms with Crippen LogP contribution in [-0.4, -0.2) is 20.7 Å². The maximum Gasteiger partial charge on any atom is 0.261 e. The van der Waals surface area contributed by atoms with Gasteiger partial charge in [-0.25, -0.2) is 0 Å². The lowest BCUT2D eigenvalue weighted by Crippen LogP contribution is -2.67. The highest BCUT2D eigenvalue weighted by molar-refractivity contribution is 6.99. The van der Waals surface area contributed by atoms with Crippen molar-refractivity contribution in [2.75, 3.05) is 0 Å². The molecule has 2 nitrogen and oxygen atoms in total. The monoisotopic (exact) mass is 366 g/mol. The predicted molar refractivity (Wildman–Crippen MR) is 113 cm³/mol. The highest BCUT2D eigenvalue weighted by atomic mass is 28.4. The summed E-state index contributed by atoms with van der Waals surface area (Å²) in [5.74, 6) is 0.271. The number of aldehydes is 1. The Hall–Kier alpha value is -1.97. The van der Waals surface area contributed by atoms with E-state index >= 15 is 0 Å². The first-order valence-corrected chi connectivity index (χ1v) is 11.1. The van der Waals surface area contributed by atoms with Gasteiger partial charge in [-0.3, -0.25) is 4.79 Å². The van der Waals surface area contributed by atoms with Crippen molar-refractivity contribution in [1.82, 2.24) is 0 Å². The number of benzene rings is 2. The molecule has 0 unspecified atom stereocenters. The third-order valence-electron chi connectivity index (χ3n) is 4.77. The van der Waals surface area contributed by atoms with Crippen LogP contribution in [0.3, 0.4) is 0 Å². The van der Waals surface area contributed by atoms with Crippen LogP contribution in [0.4, 0.5) is 0 Å². The van der Waals surface area contributed by atoms with Gasteiger partial charge < -0.3 is 4.43 Å². The Kier molecular flexibility index (Phi) is 6.73. The molecular weight excluding hydrogens is 336 g/mol. The van der Waals surface area contributed by atoms with Crippen LogP contribution >= 0.6 is 0 Å². The molecule has 0 aliphatic carbocycles. The summed E-state index contributed by atoms with van der Waals surface area (Å²) in [6.45, 7) is 11.1. The number of carbonyl (C=O) groups excluding carboxylic acids is 1. The van der Waals surface area contributed by atoms with E-state index in [4.69, 9.17) is 4.43 Å². The van der Waals surface area contributed by atoms with Gasteiger partial charge in [0, 0.05) is 0 Å². The molecule has 0 saturated carbocycles. The van der Waals surface area contributed by atoms with Crippen LogP contribution in [-0.2, 0) is 9.22 Å². The molecule has 1 atom stereocenters. The molecule has 3 heteroatoms. The maximum atomic E-state index is 10.9. The van der Waals surface area contributed by atoms with E-state index in [-0.39, 0.29) is 17.1 Å². The molecular formula is C23H30O2Si. The van der Waals surface area contributed by atoms with Crippen LogP contribution in [0.2, 0.25) is 5.04 Å². The van der Waals surface area contributed by atoms with Crippen LogP contribution < -0.4 is 10.4 Å². The third kappa shape index (κ3) is 4.22. The zero-order valence-electron chi connectivity index (χ0n) is 16.5. The number of hydrogen-bond donors (Lipinski definition) is 0. The summed E-state index contributed by atoms with van der Waals surface area (Å²) in [4.78, 5) is 10.9. The third-order valence-corrected chi connectivity index (χ3v) is 9.80. The fourth-order valence-corrected chi connectivity index (χ4v) is 8.22. The topological polar surface area (TPSA) is 26.3 Å². The minimum absolute atomic E-state index is 0.0716. The van der Waals surface area contributed by atoms with Gasteiger partial charge in [-0.15, -0.1) is 0 Å². The Morgan fingerprint density at radius 2 is 1.35 bits per heavy atom. The zero-order valence-corrected chi connectivity index (χ0v) is 17.5. The van der Waals surface area contributed by atoms with Gasteiger partial charge in [0.05, 0.1) is 6.10 Å². The van der Waals surface area contributed by atoms with E-state index in [0.29, 0.717) is 0 Å². The molecule has 0 N–H and O–H groups in total. The summed E-state index contributed by atoms with van der Waals surface area (Å²) in [6, 6.07) is 21.2. The Labute approximate surface area is 159 Å². The summed E-state index contributed by atoms with van der Waals surface area (Å²) < 4.78 is 7.03. The largest absolute Gasteiger partial charge is 0.401 e. The molecule has 138 valence electrons. The minimum atomic E-state index is -2.59. The first-order valence-electron chi connectivity index (χ1n) is 9.23. The Balaban J connectivity index is 2.71. The lowest BCUT2D eigenvalue weighted by molar-refractivity contribution is -0.104. The van der Waals surface area contributed by atoms with Gasteiger partial charge in [0.1, 0.15) is 6.29 Å². The lowest BCUT2D eigenvalue weighted by atomic mass is 10.1. The maximum absolute atomic E-state index is 10.9. The fraction of sp³-hybridized carbons (Fsp3) is 0.348. The van der Waals surface area contributed by atoms with Crippen molar-refractivity contribution in [3.8, 4) is 0 Å². The summed E-state index contributed by atoms with van der Waals surface area (Å²) in [7, 11) is -2.59. The van der Waals surface area contributed by atoms with E-state index in [1.165, 1.54) is 10.4 Å². The highest BCUT2D eigenvalue weighted by Crippen LogP contribution is 2.38. The molecule has 0 heterocycles. The average Bonchev–Trinajstić information content (AvgIpc) is 2.62. The average molecular weight is 367 g/mol. The molecule has 2 aromatic rings. The number of allylic oxidation sites excluding steroid dienone is 1. The smallest absolute Gasteiger partial charge is 0.261 e. The molecule has 0 fully saturated rings. The fourth-order valence-electron chi connectivity index (χ4n) is 3.45. The van der Waals surface area contributed by atoms with Gasteiger partial charge in [-0.2, -0.15) is 0 Å². The highest BCUT2D eigenvalue weighted by Gasteiger charge is 2.51. The Bertz CT molecular complexity index is 675. The van der Waals surface area contributed by atoms with Crippen LogP contribution in [0.1, 0.15) is 34.6 Å². The van der Waals surface area contributed by atoms with Crippen molar-refractivity contribution in [2.45, 2.75) is 45.8 Å². The standard InChI is InChI=1S/C23H30O2Si/c1-19(2)22(17-12-18-24)25-26(23(3,4)5,20-13-8-6-9-14-20)21-15-10-7-11-16-21/h6-19,22H,1-5H3/b17-12+/t22-/m0/s1. The van der Waals surface area contributed by atoms with Gasteiger partial charge in [0.2, 0.25) is 0 Å². The predicted octanol–water partition coefficient (Wildman–Crippen LogP) is 4.34. The van der Waals surface area contributed by atoms with Crippen molar-refractivity contribution >= 4 is 25.0 Å². The van der Waals surface area contributed by atoms with Crippen LogP contribution in [0, 0.1) is 5.92 Å². The van der Waals surface area contributed by atoms with Crippen LogP contribution in [0.5, 0.6) is 0 Å².